The second-order valence-electron chi connectivity index (χ2n) is 8.18. The highest BCUT2D eigenvalue weighted by Gasteiger charge is 2.19. The van der Waals surface area contributed by atoms with Gasteiger partial charge in [0.2, 0.25) is 5.95 Å². The van der Waals surface area contributed by atoms with E-state index < -0.39 is 25.6 Å². The summed E-state index contributed by atoms with van der Waals surface area (Å²) in [4.78, 5) is 34.4. The summed E-state index contributed by atoms with van der Waals surface area (Å²) in [5.74, 6) is -1.05. The lowest BCUT2D eigenvalue weighted by Crippen LogP contribution is -2.13. The van der Waals surface area contributed by atoms with Crippen LogP contribution < -0.4 is 17.1 Å². The molecule has 3 heterocycles. The van der Waals surface area contributed by atoms with Crippen molar-refractivity contribution in [2.75, 3.05) is 18.7 Å². The summed E-state index contributed by atoms with van der Waals surface area (Å²) in [6.07, 6.45) is 1.58. The lowest BCUT2D eigenvalue weighted by atomic mass is 10.1. The second-order valence-corrected chi connectivity index (χ2v) is 9.62. The number of nitrogen functional groups attached to an aromatic ring is 1. The standard InChI is InChI=1S/C25H23FN5O7P/c26-18-8-6-17(7-9-18)21-19(37-25(33)38-21)13-36-39(35-12-16-4-2-1-3-5-16)15-34-11-10-31-14-28-20-22(31)29-24(27)30-23(20)32/h1-9,14H,10-13,15H2,(H3,27,29,30,32). The van der Waals surface area contributed by atoms with Crippen LogP contribution in [0, 0.1) is 5.82 Å². The molecule has 14 heteroatoms. The first kappa shape index (κ1) is 26.4. The Morgan fingerprint density at radius 3 is 2.59 bits per heavy atom. The Kier molecular flexibility index (Phi) is 8.23. The van der Waals surface area contributed by atoms with Crippen molar-refractivity contribution in [2.24, 2.45) is 0 Å². The first-order valence-electron chi connectivity index (χ1n) is 11.7. The quantitative estimate of drug-likeness (QED) is 0.171. The Balaban J connectivity index is 1.23. The van der Waals surface area contributed by atoms with Crippen LogP contribution >= 0.6 is 8.38 Å². The zero-order valence-corrected chi connectivity index (χ0v) is 21.3. The first-order chi connectivity index (χ1) is 19.0. The van der Waals surface area contributed by atoms with Crippen LogP contribution in [0.4, 0.5) is 10.3 Å². The molecule has 202 valence electrons. The van der Waals surface area contributed by atoms with Crippen LogP contribution in [0.25, 0.3) is 22.5 Å². The molecule has 0 amide bonds. The van der Waals surface area contributed by atoms with Gasteiger partial charge in [-0.05, 0) is 29.8 Å². The van der Waals surface area contributed by atoms with Gasteiger partial charge in [-0.25, -0.2) is 14.2 Å². The van der Waals surface area contributed by atoms with Gasteiger partial charge in [0.1, 0.15) is 18.8 Å². The molecule has 12 nitrogen and oxygen atoms in total. The predicted octanol–water partition coefficient (Wildman–Crippen LogP) is 3.77. The molecule has 0 radical (unpaired) electrons. The molecule has 5 rings (SSSR count). The molecule has 0 aliphatic rings. The molecule has 0 saturated carbocycles. The number of rotatable bonds is 12. The summed E-state index contributed by atoms with van der Waals surface area (Å²) < 4.78 is 43.1. The highest BCUT2D eigenvalue weighted by Crippen LogP contribution is 2.41. The zero-order valence-electron chi connectivity index (χ0n) is 20.4. The van der Waals surface area contributed by atoms with Crippen LogP contribution in [0.2, 0.25) is 0 Å². The molecular formula is C25H23FN5O7P. The topological polar surface area (TPSA) is 161 Å². The average molecular weight is 555 g/mol. The number of nitrogens with zero attached hydrogens (tertiary/aromatic N) is 3. The monoisotopic (exact) mass is 555 g/mol. The molecule has 0 saturated heterocycles. The molecule has 39 heavy (non-hydrogen) atoms. The van der Waals surface area contributed by atoms with Crippen molar-refractivity contribution in [2.45, 2.75) is 19.8 Å². The predicted molar refractivity (Wildman–Crippen MR) is 139 cm³/mol. The van der Waals surface area contributed by atoms with Gasteiger partial charge in [-0.3, -0.25) is 9.78 Å². The summed E-state index contributed by atoms with van der Waals surface area (Å²) in [7, 11) is -1.60. The van der Waals surface area contributed by atoms with Crippen molar-refractivity contribution >= 4 is 25.5 Å². The normalized spacial score (nSPS) is 12.2. The number of aromatic amines is 1. The zero-order chi connectivity index (χ0) is 27.2. The summed E-state index contributed by atoms with van der Waals surface area (Å²) in [6.45, 7) is 0.715. The molecule has 3 aromatic heterocycles. The number of aromatic nitrogens is 4. The number of hydrogen-bond donors (Lipinski definition) is 2. The fourth-order valence-electron chi connectivity index (χ4n) is 3.62. The van der Waals surface area contributed by atoms with Crippen LogP contribution in [-0.4, -0.2) is 32.5 Å². The number of hydrogen-bond acceptors (Lipinski definition) is 10. The minimum absolute atomic E-state index is 0.00712. The van der Waals surface area contributed by atoms with E-state index in [2.05, 4.69) is 15.0 Å². The number of imidazole rings is 1. The van der Waals surface area contributed by atoms with E-state index >= 15 is 0 Å². The molecule has 0 fully saturated rings. The highest BCUT2D eigenvalue weighted by molar-refractivity contribution is 7.46. The lowest BCUT2D eigenvalue weighted by molar-refractivity contribution is 0.136. The van der Waals surface area contributed by atoms with Crippen molar-refractivity contribution in [3.05, 3.63) is 99.0 Å². The first-order valence-corrected chi connectivity index (χ1v) is 13.1. The smallest absolute Gasteiger partial charge is 0.393 e. The summed E-state index contributed by atoms with van der Waals surface area (Å²) in [5.41, 5.74) is 7.16. The Morgan fingerprint density at radius 1 is 1.03 bits per heavy atom. The Bertz CT molecular complexity index is 1650. The number of H-pyrrole nitrogens is 1. The maximum atomic E-state index is 13.3. The third kappa shape index (κ3) is 6.65. The van der Waals surface area contributed by atoms with Crippen molar-refractivity contribution in [1.82, 2.24) is 19.5 Å². The van der Waals surface area contributed by atoms with Crippen LogP contribution in [0.5, 0.6) is 0 Å². The van der Waals surface area contributed by atoms with Gasteiger partial charge >= 0.3 is 5.82 Å². The van der Waals surface area contributed by atoms with Gasteiger partial charge in [0.05, 0.1) is 19.5 Å². The van der Waals surface area contributed by atoms with E-state index in [0.29, 0.717) is 17.8 Å². The summed E-state index contributed by atoms with van der Waals surface area (Å²) in [5, 5.41) is 0. The van der Waals surface area contributed by atoms with E-state index in [1.807, 2.05) is 30.3 Å². The highest BCUT2D eigenvalue weighted by atomic mass is 31.2. The molecule has 0 bridgehead atoms. The average Bonchev–Trinajstić information content (AvgIpc) is 3.51. The van der Waals surface area contributed by atoms with Gasteiger partial charge in [0, 0.05) is 12.1 Å². The van der Waals surface area contributed by atoms with Crippen LogP contribution in [-0.2, 0) is 33.5 Å². The van der Waals surface area contributed by atoms with E-state index in [4.69, 9.17) is 28.4 Å². The number of benzene rings is 2. The van der Waals surface area contributed by atoms with Crippen molar-refractivity contribution in [3.8, 4) is 11.3 Å². The molecule has 0 aliphatic heterocycles. The molecular weight excluding hydrogens is 532 g/mol. The number of halogens is 1. The summed E-state index contributed by atoms with van der Waals surface area (Å²) >= 11 is 0. The van der Waals surface area contributed by atoms with Crippen molar-refractivity contribution in [3.63, 3.8) is 0 Å². The minimum atomic E-state index is -1.60. The molecule has 1 unspecified atom stereocenters. The lowest BCUT2D eigenvalue weighted by Gasteiger charge is -2.17. The molecule has 2 aromatic carbocycles. The largest absolute Gasteiger partial charge is 0.519 e. The van der Waals surface area contributed by atoms with Crippen molar-refractivity contribution < 1.29 is 27.0 Å². The van der Waals surface area contributed by atoms with Gasteiger partial charge in [0.25, 0.3) is 5.56 Å². The fraction of sp³-hybridized carbons (Fsp3) is 0.200. The number of anilines is 1. The van der Waals surface area contributed by atoms with E-state index in [9.17, 15) is 14.0 Å². The maximum absolute atomic E-state index is 13.3. The number of fused-ring (bicyclic) bond motifs is 1. The Labute approximate surface area is 221 Å². The molecule has 5 aromatic rings. The molecule has 3 N–H and O–H groups in total. The molecule has 0 aliphatic carbocycles. The van der Waals surface area contributed by atoms with Gasteiger partial charge in [-0.1, -0.05) is 30.3 Å². The van der Waals surface area contributed by atoms with Gasteiger partial charge < -0.3 is 32.9 Å². The van der Waals surface area contributed by atoms with E-state index in [1.54, 1.807) is 4.57 Å². The minimum Gasteiger partial charge on any atom is -0.393 e. The van der Waals surface area contributed by atoms with Gasteiger partial charge in [0.15, 0.2) is 31.1 Å². The second kappa shape index (κ2) is 12.1. The number of nitrogens with one attached hydrogen (secondary N) is 1. The number of ether oxygens (including phenoxy) is 1. The maximum Gasteiger partial charge on any atom is 0.519 e. The van der Waals surface area contributed by atoms with E-state index in [0.717, 1.165) is 5.56 Å². The summed E-state index contributed by atoms with van der Waals surface area (Å²) in [6, 6.07) is 15.0. The molecule has 1 atom stereocenters. The Morgan fingerprint density at radius 2 is 1.79 bits per heavy atom. The Hall–Kier alpha value is -4.16. The van der Waals surface area contributed by atoms with Gasteiger partial charge in [-0.15, -0.1) is 0 Å². The fourth-order valence-corrected chi connectivity index (χ4v) is 4.68. The third-order valence-electron chi connectivity index (χ3n) is 5.48. The van der Waals surface area contributed by atoms with Crippen LogP contribution in [0.1, 0.15) is 11.3 Å². The number of nitrogens with two attached hydrogens (primary N) is 1. The van der Waals surface area contributed by atoms with Crippen molar-refractivity contribution in [1.29, 1.82) is 0 Å². The molecule has 0 spiro atoms. The van der Waals surface area contributed by atoms with Crippen LogP contribution in [0.3, 0.4) is 0 Å². The van der Waals surface area contributed by atoms with Crippen LogP contribution in [0.15, 0.2) is 79.3 Å². The third-order valence-corrected chi connectivity index (χ3v) is 6.70. The SMILES string of the molecule is Nc1nc2c(ncn2CCOCP(OCc2ccccc2)OCc2oc(=O)oc2-c2ccc(F)cc2)c(=O)[nH]1. The van der Waals surface area contributed by atoms with Gasteiger partial charge in [-0.2, -0.15) is 4.98 Å². The van der Waals surface area contributed by atoms with E-state index in [-0.39, 0.29) is 49.2 Å². The van der Waals surface area contributed by atoms with E-state index in [1.165, 1.54) is 30.6 Å².